The van der Waals surface area contributed by atoms with Crippen LogP contribution in [-0.2, 0) is 9.53 Å². The Balaban J connectivity index is 3.02. The average Bonchev–Trinajstić information content (AvgIpc) is 2.29. The standard InChI is InChI=1S/C13H16FNO3/c1-13(2,3)12(17)15-10-7-8(11(16)18-4)5-6-9(10)14/h5-7H,1-4H3,(H,15,17). The molecule has 0 saturated heterocycles. The second-order valence-electron chi connectivity index (χ2n) is 4.89. The van der Waals surface area contributed by atoms with Gasteiger partial charge in [-0.3, -0.25) is 4.79 Å². The molecule has 0 aliphatic carbocycles. The minimum absolute atomic E-state index is 0.0298. The third-order valence-electron chi connectivity index (χ3n) is 2.32. The van der Waals surface area contributed by atoms with Gasteiger partial charge >= 0.3 is 5.97 Å². The van der Waals surface area contributed by atoms with Crippen LogP contribution in [0, 0.1) is 11.2 Å². The fourth-order valence-corrected chi connectivity index (χ4v) is 1.18. The molecule has 0 aliphatic heterocycles. The van der Waals surface area contributed by atoms with Gasteiger partial charge in [-0.2, -0.15) is 0 Å². The Labute approximate surface area is 105 Å². The average molecular weight is 253 g/mol. The second-order valence-corrected chi connectivity index (χ2v) is 4.89. The maximum Gasteiger partial charge on any atom is 0.337 e. The number of ether oxygens (including phenoxy) is 1. The molecule has 0 unspecified atom stereocenters. The first-order valence-electron chi connectivity index (χ1n) is 5.45. The third kappa shape index (κ3) is 3.29. The smallest absolute Gasteiger partial charge is 0.337 e. The van der Waals surface area contributed by atoms with Gasteiger partial charge < -0.3 is 10.1 Å². The highest BCUT2D eigenvalue weighted by Crippen LogP contribution is 2.21. The van der Waals surface area contributed by atoms with Gasteiger partial charge in [-0.1, -0.05) is 20.8 Å². The molecule has 5 heteroatoms. The molecule has 18 heavy (non-hydrogen) atoms. The molecular weight excluding hydrogens is 237 g/mol. The predicted molar refractivity (Wildman–Crippen MR) is 65.8 cm³/mol. The quantitative estimate of drug-likeness (QED) is 0.824. The largest absolute Gasteiger partial charge is 0.465 e. The lowest BCUT2D eigenvalue weighted by molar-refractivity contribution is -0.123. The Kier molecular flexibility index (Phi) is 4.06. The number of benzene rings is 1. The Morgan fingerprint density at radius 1 is 1.28 bits per heavy atom. The summed E-state index contributed by atoms with van der Waals surface area (Å²) in [6.07, 6.45) is 0. The molecule has 0 bridgehead atoms. The molecule has 0 aromatic heterocycles. The lowest BCUT2D eigenvalue weighted by atomic mass is 9.95. The zero-order chi connectivity index (χ0) is 13.9. The van der Waals surface area contributed by atoms with Crippen LogP contribution in [0.2, 0.25) is 0 Å². The highest BCUT2D eigenvalue weighted by molar-refractivity contribution is 5.96. The minimum Gasteiger partial charge on any atom is -0.465 e. The number of halogens is 1. The fraction of sp³-hybridized carbons (Fsp3) is 0.385. The van der Waals surface area contributed by atoms with Gasteiger partial charge in [0.2, 0.25) is 5.91 Å². The Morgan fingerprint density at radius 3 is 2.39 bits per heavy atom. The zero-order valence-electron chi connectivity index (χ0n) is 10.8. The first kappa shape index (κ1) is 14.2. The number of anilines is 1. The molecule has 1 aromatic rings. The predicted octanol–water partition coefficient (Wildman–Crippen LogP) is 2.60. The molecule has 0 atom stereocenters. The molecule has 0 spiro atoms. The summed E-state index contributed by atoms with van der Waals surface area (Å²) in [6, 6.07) is 3.67. The van der Waals surface area contributed by atoms with Gasteiger partial charge in [0.1, 0.15) is 5.82 Å². The molecule has 0 heterocycles. The molecule has 1 aromatic carbocycles. The summed E-state index contributed by atoms with van der Waals surface area (Å²) in [4.78, 5) is 23.0. The Hall–Kier alpha value is -1.91. The van der Waals surface area contributed by atoms with Crippen LogP contribution in [0.3, 0.4) is 0 Å². The monoisotopic (exact) mass is 253 g/mol. The maximum atomic E-state index is 13.5. The van der Waals surface area contributed by atoms with Crippen LogP contribution in [-0.4, -0.2) is 19.0 Å². The van der Waals surface area contributed by atoms with Gasteiger partial charge in [0.25, 0.3) is 0 Å². The SMILES string of the molecule is COC(=O)c1ccc(F)c(NC(=O)C(C)(C)C)c1. The van der Waals surface area contributed by atoms with Gasteiger partial charge in [0, 0.05) is 5.41 Å². The summed E-state index contributed by atoms with van der Waals surface area (Å²) in [5, 5.41) is 2.45. The van der Waals surface area contributed by atoms with E-state index in [1.165, 1.54) is 19.2 Å². The van der Waals surface area contributed by atoms with Gasteiger partial charge in [0.05, 0.1) is 18.4 Å². The summed E-state index contributed by atoms with van der Waals surface area (Å²) in [6.45, 7) is 5.14. The summed E-state index contributed by atoms with van der Waals surface area (Å²) in [5.74, 6) is -1.51. The van der Waals surface area contributed by atoms with Crippen molar-refractivity contribution in [2.24, 2.45) is 5.41 Å². The molecule has 4 nitrogen and oxygen atoms in total. The number of hydrogen-bond donors (Lipinski definition) is 1. The lowest BCUT2D eigenvalue weighted by Crippen LogP contribution is -2.28. The van der Waals surface area contributed by atoms with Crippen LogP contribution in [0.25, 0.3) is 0 Å². The van der Waals surface area contributed by atoms with Crippen molar-refractivity contribution in [3.05, 3.63) is 29.6 Å². The van der Waals surface area contributed by atoms with Crippen LogP contribution in [0.5, 0.6) is 0 Å². The number of nitrogens with one attached hydrogen (secondary N) is 1. The van der Waals surface area contributed by atoms with Crippen molar-refractivity contribution >= 4 is 17.6 Å². The van der Waals surface area contributed by atoms with Crippen molar-refractivity contribution in [2.75, 3.05) is 12.4 Å². The van der Waals surface area contributed by atoms with Gasteiger partial charge in [-0.25, -0.2) is 9.18 Å². The molecule has 0 aliphatic rings. The first-order valence-corrected chi connectivity index (χ1v) is 5.45. The summed E-state index contributed by atoms with van der Waals surface area (Å²) in [7, 11) is 1.24. The number of methoxy groups -OCH3 is 1. The summed E-state index contributed by atoms with van der Waals surface area (Å²) in [5.41, 5.74) is -0.491. The van der Waals surface area contributed by atoms with Gasteiger partial charge in [-0.15, -0.1) is 0 Å². The van der Waals surface area contributed by atoms with E-state index in [1.807, 2.05) is 0 Å². The van der Waals surface area contributed by atoms with E-state index in [0.29, 0.717) is 0 Å². The van der Waals surface area contributed by atoms with Crippen molar-refractivity contribution in [1.82, 2.24) is 0 Å². The van der Waals surface area contributed by atoms with Crippen molar-refractivity contribution < 1.29 is 18.7 Å². The fourth-order valence-electron chi connectivity index (χ4n) is 1.18. The minimum atomic E-state index is -0.645. The van der Waals surface area contributed by atoms with Gasteiger partial charge in [0.15, 0.2) is 0 Å². The van der Waals surface area contributed by atoms with E-state index >= 15 is 0 Å². The van der Waals surface area contributed by atoms with Crippen molar-refractivity contribution in [1.29, 1.82) is 0 Å². The molecule has 1 rings (SSSR count). The maximum absolute atomic E-state index is 13.5. The number of esters is 1. The van der Waals surface area contributed by atoms with Crippen molar-refractivity contribution in [3.63, 3.8) is 0 Å². The molecule has 98 valence electrons. The zero-order valence-corrected chi connectivity index (χ0v) is 10.8. The highest BCUT2D eigenvalue weighted by atomic mass is 19.1. The Bertz CT molecular complexity index is 478. The first-order chi connectivity index (χ1) is 8.25. The molecule has 0 saturated carbocycles. The highest BCUT2D eigenvalue weighted by Gasteiger charge is 2.22. The van der Waals surface area contributed by atoms with E-state index in [9.17, 15) is 14.0 Å². The van der Waals surface area contributed by atoms with E-state index in [1.54, 1.807) is 20.8 Å². The van der Waals surface area contributed by atoms with Crippen LogP contribution in [0.1, 0.15) is 31.1 Å². The van der Waals surface area contributed by atoms with E-state index in [0.717, 1.165) is 6.07 Å². The van der Waals surface area contributed by atoms with E-state index in [-0.39, 0.29) is 17.2 Å². The second kappa shape index (κ2) is 5.16. The molecule has 0 radical (unpaired) electrons. The number of carbonyl (C=O) groups excluding carboxylic acids is 2. The lowest BCUT2D eigenvalue weighted by Gasteiger charge is -2.18. The topological polar surface area (TPSA) is 55.4 Å². The summed E-state index contributed by atoms with van der Waals surface area (Å²) < 4.78 is 18.0. The Morgan fingerprint density at radius 2 is 1.89 bits per heavy atom. The molecule has 0 fully saturated rings. The number of carbonyl (C=O) groups is 2. The molecular formula is C13H16FNO3. The number of rotatable bonds is 2. The van der Waals surface area contributed by atoms with Crippen LogP contribution in [0.4, 0.5) is 10.1 Å². The van der Waals surface area contributed by atoms with E-state index in [4.69, 9.17) is 0 Å². The van der Waals surface area contributed by atoms with E-state index in [2.05, 4.69) is 10.1 Å². The normalized spacial score (nSPS) is 10.9. The van der Waals surface area contributed by atoms with Crippen LogP contribution in [0.15, 0.2) is 18.2 Å². The number of amides is 1. The summed E-state index contributed by atoms with van der Waals surface area (Å²) >= 11 is 0. The third-order valence-corrected chi connectivity index (χ3v) is 2.32. The van der Waals surface area contributed by atoms with Crippen molar-refractivity contribution in [3.8, 4) is 0 Å². The van der Waals surface area contributed by atoms with Crippen molar-refractivity contribution in [2.45, 2.75) is 20.8 Å². The molecule has 1 amide bonds. The van der Waals surface area contributed by atoms with Crippen LogP contribution >= 0.6 is 0 Å². The molecule has 1 N–H and O–H groups in total. The van der Waals surface area contributed by atoms with Gasteiger partial charge in [-0.05, 0) is 18.2 Å². The van der Waals surface area contributed by atoms with E-state index < -0.39 is 17.2 Å². The van der Waals surface area contributed by atoms with Crippen LogP contribution < -0.4 is 5.32 Å². The number of hydrogen-bond acceptors (Lipinski definition) is 3.